The van der Waals surface area contributed by atoms with Crippen molar-refractivity contribution in [2.75, 3.05) is 13.1 Å². The second kappa shape index (κ2) is 8.06. The zero-order valence-electron chi connectivity index (χ0n) is 13.7. The number of aromatic nitrogens is 2. The van der Waals surface area contributed by atoms with Crippen molar-refractivity contribution in [3.63, 3.8) is 0 Å². The smallest absolute Gasteiger partial charge is 0.355 e. The van der Waals surface area contributed by atoms with Gasteiger partial charge in [-0.25, -0.2) is 14.6 Å². The third-order valence-corrected chi connectivity index (χ3v) is 5.13. The lowest BCUT2D eigenvalue weighted by molar-refractivity contribution is 0.0691. The quantitative estimate of drug-likeness (QED) is 0.855. The van der Waals surface area contributed by atoms with Gasteiger partial charge in [0.25, 0.3) is 0 Å². The molecule has 0 spiro atoms. The Labute approximate surface area is 149 Å². The SMILES string of the molecule is O=C(O)c1csc(CCNC(=O)N2CCCC[C@@H]2c2cccnc2)n1. The molecule has 132 valence electrons. The minimum Gasteiger partial charge on any atom is -0.476 e. The van der Waals surface area contributed by atoms with Gasteiger partial charge in [0.1, 0.15) is 0 Å². The molecule has 0 aliphatic carbocycles. The Balaban J connectivity index is 1.56. The monoisotopic (exact) mass is 360 g/mol. The Bertz CT molecular complexity index is 735. The van der Waals surface area contributed by atoms with Crippen molar-refractivity contribution in [3.8, 4) is 0 Å². The molecule has 2 aromatic rings. The largest absolute Gasteiger partial charge is 0.476 e. The van der Waals surface area contributed by atoms with Gasteiger partial charge in [0.05, 0.1) is 11.0 Å². The molecule has 25 heavy (non-hydrogen) atoms. The molecule has 0 bridgehead atoms. The van der Waals surface area contributed by atoms with E-state index in [0.717, 1.165) is 31.4 Å². The molecule has 1 aliphatic heterocycles. The van der Waals surface area contributed by atoms with Crippen LogP contribution >= 0.6 is 11.3 Å². The van der Waals surface area contributed by atoms with E-state index < -0.39 is 5.97 Å². The summed E-state index contributed by atoms with van der Waals surface area (Å²) in [6.07, 6.45) is 7.11. The van der Waals surface area contributed by atoms with Crippen molar-refractivity contribution >= 4 is 23.3 Å². The number of likely N-dealkylation sites (tertiary alicyclic amines) is 1. The number of nitrogens with one attached hydrogen (secondary N) is 1. The number of thiazole rings is 1. The van der Waals surface area contributed by atoms with Crippen LogP contribution in [0.25, 0.3) is 0 Å². The van der Waals surface area contributed by atoms with Crippen LogP contribution in [0.5, 0.6) is 0 Å². The molecule has 0 unspecified atom stereocenters. The van der Waals surface area contributed by atoms with Gasteiger partial charge in [-0.05, 0) is 30.9 Å². The van der Waals surface area contributed by atoms with Gasteiger partial charge >= 0.3 is 12.0 Å². The molecule has 2 aromatic heterocycles. The normalized spacial score (nSPS) is 17.3. The number of carbonyl (C=O) groups excluding carboxylic acids is 1. The predicted octanol–water partition coefficient (Wildman–Crippen LogP) is 2.72. The molecule has 1 aliphatic rings. The Morgan fingerprint density at radius 1 is 1.40 bits per heavy atom. The fourth-order valence-corrected chi connectivity index (χ4v) is 3.77. The lowest BCUT2D eigenvalue weighted by Crippen LogP contribution is -2.45. The van der Waals surface area contributed by atoms with Gasteiger partial charge in [0, 0.05) is 37.3 Å². The van der Waals surface area contributed by atoms with Crippen LogP contribution < -0.4 is 5.32 Å². The summed E-state index contributed by atoms with van der Waals surface area (Å²) in [4.78, 5) is 33.5. The number of carboxylic acids is 1. The van der Waals surface area contributed by atoms with E-state index in [1.807, 2.05) is 23.2 Å². The Hall–Kier alpha value is -2.48. The van der Waals surface area contributed by atoms with E-state index >= 15 is 0 Å². The van der Waals surface area contributed by atoms with Crippen LogP contribution in [0.15, 0.2) is 29.9 Å². The van der Waals surface area contributed by atoms with Crippen molar-refractivity contribution in [2.24, 2.45) is 0 Å². The molecule has 1 saturated heterocycles. The average Bonchev–Trinajstić information content (AvgIpc) is 3.12. The zero-order valence-corrected chi connectivity index (χ0v) is 14.5. The number of aromatic carboxylic acids is 1. The van der Waals surface area contributed by atoms with E-state index in [2.05, 4.69) is 15.3 Å². The number of pyridine rings is 1. The van der Waals surface area contributed by atoms with E-state index in [1.54, 1.807) is 6.20 Å². The van der Waals surface area contributed by atoms with E-state index in [1.165, 1.54) is 16.7 Å². The second-order valence-electron chi connectivity index (χ2n) is 5.90. The molecule has 3 heterocycles. The summed E-state index contributed by atoms with van der Waals surface area (Å²) in [5.41, 5.74) is 1.11. The molecular weight excluding hydrogens is 340 g/mol. The molecule has 0 aromatic carbocycles. The first-order chi connectivity index (χ1) is 12.1. The predicted molar refractivity (Wildman–Crippen MR) is 93.7 cm³/mol. The molecule has 7 nitrogen and oxygen atoms in total. The van der Waals surface area contributed by atoms with Crippen molar-refractivity contribution in [1.82, 2.24) is 20.2 Å². The minimum absolute atomic E-state index is 0.0546. The van der Waals surface area contributed by atoms with Crippen LogP contribution in [0.1, 0.15) is 46.4 Å². The summed E-state index contributed by atoms with van der Waals surface area (Å²) < 4.78 is 0. The fraction of sp³-hybridized carbons (Fsp3) is 0.412. The summed E-state index contributed by atoms with van der Waals surface area (Å²) in [5.74, 6) is -1.03. The highest BCUT2D eigenvalue weighted by atomic mass is 32.1. The third-order valence-electron chi connectivity index (χ3n) is 4.22. The first kappa shape index (κ1) is 17.3. The van der Waals surface area contributed by atoms with E-state index in [4.69, 9.17) is 5.11 Å². The van der Waals surface area contributed by atoms with Gasteiger partial charge < -0.3 is 15.3 Å². The molecule has 2 N–H and O–H groups in total. The van der Waals surface area contributed by atoms with Crippen LogP contribution in [-0.2, 0) is 6.42 Å². The van der Waals surface area contributed by atoms with E-state index in [9.17, 15) is 9.59 Å². The number of amides is 2. The highest BCUT2D eigenvalue weighted by Gasteiger charge is 2.27. The number of urea groups is 1. The van der Waals surface area contributed by atoms with Crippen LogP contribution in [0.2, 0.25) is 0 Å². The van der Waals surface area contributed by atoms with Gasteiger partial charge in [0.15, 0.2) is 5.69 Å². The number of hydrogen-bond donors (Lipinski definition) is 2. The van der Waals surface area contributed by atoms with Gasteiger partial charge in [0.2, 0.25) is 0 Å². The molecule has 1 atom stereocenters. The number of nitrogens with zero attached hydrogens (tertiary/aromatic N) is 3. The Morgan fingerprint density at radius 3 is 3.00 bits per heavy atom. The second-order valence-corrected chi connectivity index (χ2v) is 6.85. The van der Waals surface area contributed by atoms with Gasteiger partial charge in [-0.1, -0.05) is 6.07 Å². The molecule has 1 fully saturated rings. The van der Waals surface area contributed by atoms with E-state index in [0.29, 0.717) is 18.0 Å². The number of rotatable bonds is 5. The highest BCUT2D eigenvalue weighted by Crippen LogP contribution is 2.30. The number of piperidine rings is 1. The maximum Gasteiger partial charge on any atom is 0.355 e. The topological polar surface area (TPSA) is 95.4 Å². The van der Waals surface area contributed by atoms with Crippen LogP contribution in [-0.4, -0.2) is 45.1 Å². The standard InChI is InChI=1S/C17H20N4O3S/c22-16(23)13-11-25-15(20-13)6-8-19-17(24)21-9-2-1-5-14(21)12-4-3-7-18-10-12/h3-4,7,10-11,14H,1-2,5-6,8-9H2,(H,19,24)(H,22,23)/t14-/m1/s1. The molecule has 8 heteroatoms. The van der Waals surface area contributed by atoms with Crippen LogP contribution in [0, 0.1) is 0 Å². The van der Waals surface area contributed by atoms with Gasteiger partial charge in [-0.2, -0.15) is 0 Å². The summed E-state index contributed by atoms with van der Waals surface area (Å²) in [6.45, 7) is 1.16. The molecule has 2 amide bonds. The van der Waals surface area contributed by atoms with Crippen molar-refractivity contribution in [1.29, 1.82) is 0 Å². The zero-order chi connectivity index (χ0) is 17.6. The first-order valence-electron chi connectivity index (χ1n) is 8.27. The lowest BCUT2D eigenvalue weighted by atomic mass is 9.97. The third kappa shape index (κ3) is 4.33. The van der Waals surface area contributed by atoms with Crippen molar-refractivity contribution < 1.29 is 14.7 Å². The van der Waals surface area contributed by atoms with Crippen LogP contribution in [0.4, 0.5) is 4.79 Å². The number of carbonyl (C=O) groups is 2. The van der Waals surface area contributed by atoms with Gasteiger partial charge in [-0.15, -0.1) is 11.3 Å². The van der Waals surface area contributed by atoms with Gasteiger partial charge in [-0.3, -0.25) is 4.98 Å². The van der Waals surface area contributed by atoms with Crippen molar-refractivity contribution in [2.45, 2.75) is 31.7 Å². The number of carboxylic acid groups (broad SMARTS) is 1. The summed E-state index contributed by atoms with van der Waals surface area (Å²) in [7, 11) is 0. The highest BCUT2D eigenvalue weighted by molar-refractivity contribution is 7.09. The molecule has 3 rings (SSSR count). The average molecular weight is 360 g/mol. The Kier molecular flexibility index (Phi) is 5.60. The maximum atomic E-state index is 12.6. The summed E-state index contributed by atoms with van der Waals surface area (Å²) in [5, 5.41) is 14.0. The Morgan fingerprint density at radius 2 is 2.28 bits per heavy atom. The minimum atomic E-state index is -1.03. The lowest BCUT2D eigenvalue weighted by Gasteiger charge is -2.35. The van der Waals surface area contributed by atoms with Crippen LogP contribution in [0.3, 0.4) is 0 Å². The summed E-state index contributed by atoms with van der Waals surface area (Å²) >= 11 is 1.30. The fourth-order valence-electron chi connectivity index (χ4n) is 3.00. The van der Waals surface area contributed by atoms with E-state index in [-0.39, 0.29) is 17.8 Å². The molecule has 0 saturated carbocycles. The number of hydrogen-bond acceptors (Lipinski definition) is 5. The molecule has 0 radical (unpaired) electrons. The maximum absolute atomic E-state index is 12.6. The first-order valence-corrected chi connectivity index (χ1v) is 9.15. The van der Waals surface area contributed by atoms with Crippen molar-refractivity contribution in [3.05, 3.63) is 46.2 Å². The summed E-state index contributed by atoms with van der Waals surface area (Å²) in [6, 6.07) is 3.86. The molecular formula is C17H20N4O3S.